The fourth-order valence-electron chi connectivity index (χ4n) is 4.60. The van der Waals surface area contributed by atoms with Gasteiger partial charge < -0.3 is 44.2 Å². The van der Waals surface area contributed by atoms with Gasteiger partial charge in [-0.2, -0.15) is 0 Å². The number of allylic oxidation sites excluding steroid dienone is 1. The Labute approximate surface area is 243 Å². The average molecular weight is 589 g/mol. The topological polar surface area (TPSA) is 173 Å². The summed E-state index contributed by atoms with van der Waals surface area (Å²) in [6.07, 6.45) is 2.84. The molecule has 1 aromatic carbocycles. The van der Waals surface area contributed by atoms with E-state index in [1.807, 2.05) is 25.1 Å². The molecule has 14 nitrogen and oxygen atoms in total. The monoisotopic (exact) mass is 588 g/mol. The summed E-state index contributed by atoms with van der Waals surface area (Å²) < 4.78 is 34.1. The lowest BCUT2D eigenvalue weighted by molar-refractivity contribution is -0.385. The number of fused-ring (bicyclic) bond motifs is 1. The molecule has 228 valence electrons. The van der Waals surface area contributed by atoms with E-state index in [0.29, 0.717) is 56.7 Å². The van der Waals surface area contributed by atoms with Crippen molar-refractivity contribution in [3.8, 4) is 11.5 Å². The second kappa shape index (κ2) is 15.9. The van der Waals surface area contributed by atoms with E-state index in [2.05, 4.69) is 15.6 Å². The average Bonchev–Trinajstić information content (AvgIpc) is 3.47. The largest absolute Gasteiger partial charge is 0.459 e. The second-order valence-corrected chi connectivity index (χ2v) is 9.35. The van der Waals surface area contributed by atoms with E-state index in [1.165, 1.54) is 12.1 Å². The first-order chi connectivity index (χ1) is 20.5. The Hall–Kier alpha value is -3.98. The van der Waals surface area contributed by atoms with Crippen molar-refractivity contribution in [3.63, 3.8) is 0 Å². The fourth-order valence-corrected chi connectivity index (χ4v) is 4.60. The van der Waals surface area contributed by atoms with Crippen molar-refractivity contribution in [3.05, 3.63) is 64.0 Å². The minimum absolute atomic E-state index is 0.0393. The molecular weight excluding hydrogens is 552 g/mol. The molecule has 1 amide bonds. The van der Waals surface area contributed by atoms with Crippen LogP contribution in [0.15, 0.2) is 48.4 Å². The van der Waals surface area contributed by atoms with Crippen molar-refractivity contribution in [2.75, 3.05) is 64.8 Å². The summed E-state index contributed by atoms with van der Waals surface area (Å²) in [7, 11) is 0. The summed E-state index contributed by atoms with van der Waals surface area (Å²) in [4.78, 5) is 27.4. The molecule has 0 saturated heterocycles. The highest BCUT2D eigenvalue weighted by molar-refractivity contribution is 5.91. The zero-order valence-electron chi connectivity index (χ0n) is 23.4. The Kier molecular flexibility index (Phi) is 11.7. The maximum absolute atomic E-state index is 13.2. The molecule has 3 atom stereocenters. The minimum atomic E-state index is -0.701. The molecule has 0 fully saturated rings. The van der Waals surface area contributed by atoms with Crippen LogP contribution >= 0.6 is 0 Å². The number of pyridine rings is 1. The summed E-state index contributed by atoms with van der Waals surface area (Å²) in [5.74, 6) is 1.06. The van der Waals surface area contributed by atoms with Crippen LogP contribution < -0.4 is 20.1 Å². The highest BCUT2D eigenvalue weighted by atomic mass is 16.7. The first-order valence-corrected chi connectivity index (χ1v) is 13.8. The number of aromatic nitrogens is 1. The SMILES string of the molecule is CCO[C@@H]1OC(C(=O)NCCNc2ccc([N+](=O)[O-])cn2)=C[C@H](c2ccc3c(c2)OCO3)[C@@H]1CCOCCOCCO. The number of nitrogens with one attached hydrogen (secondary N) is 2. The Bertz CT molecular complexity index is 1210. The smallest absolute Gasteiger partial charge is 0.287 e. The van der Waals surface area contributed by atoms with E-state index in [9.17, 15) is 14.9 Å². The molecular formula is C28H36N4O10. The summed E-state index contributed by atoms with van der Waals surface area (Å²) >= 11 is 0. The molecule has 4 rings (SSSR count). The lowest BCUT2D eigenvalue weighted by atomic mass is 9.81. The van der Waals surface area contributed by atoms with Gasteiger partial charge in [-0.15, -0.1) is 0 Å². The molecule has 0 unspecified atom stereocenters. The van der Waals surface area contributed by atoms with Crippen molar-refractivity contribution in [1.29, 1.82) is 0 Å². The molecule has 0 radical (unpaired) electrons. The van der Waals surface area contributed by atoms with Gasteiger partial charge in [-0.1, -0.05) is 6.07 Å². The molecule has 0 saturated carbocycles. The molecule has 1 aromatic heterocycles. The molecule has 3 heterocycles. The number of aliphatic hydroxyl groups is 1. The van der Waals surface area contributed by atoms with Crippen molar-refractivity contribution >= 4 is 17.4 Å². The molecule has 0 bridgehead atoms. The van der Waals surface area contributed by atoms with Crippen LogP contribution in [0.1, 0.15) is 24.8 Å². The van der Waals surface area contributed by atoms with Gasteiger partial charge in [0.05, 0.1) is 31.4 Å². The number of hydrogen-bond donors (Lipinski definition) is 3. The lowest BCUT2D eigenvalue weighted by Gasteiger charge is -2.37. The molecule has 0 aliphatic carbocycles. The van der Waals surface area contributed by atoms with Crippen LogP contribution in [0.5, 0.6) is 11.5 Å². The van der Waals surface area contributed by atoms with E-state index >= 15 is 0 Å². The van der Waals surface area contributed by atoms with E-state index in [-0.39, 0.29) is 49.8 Å². The van der Waals surface area contributed by atoms with E-state index in [4.69, 9.17) is 33.5 Å². The lowest BCUT2D eigenvalue weighted by Crippen LogP contribution is -2.40. The number of hydrogen-bond acceptors (Lipinski definition) is 12. The van der Waals surface area contributed by atoms with Crippen molar-refractivity contribution in [2.45, 2.75) is 25.6 Å². The number of rotatable bonds is 17. The molecule has 2 aliphatic rings. The summed E-state index contributed by atoms with van der Waals surface area (Å²) in [5, 5.41) is 25.5. The predicted molar refractivity (Wildman–Crippen MR) is 149 cm³/mol. The number of aliphatic hydroxyl groups excluding tert-OH is 1. The number of ether oxygens (including phenoxy) is 6. The standard InChI is InChI=1S/C28H36N4O10/c1-2-39-28-21(7-11-37-13-14-38-12-10-33)22(19-3-5-23-24(15-19)41-18-40-23)16-25(42-28)27(34)30-9-8-29-26-6-4-20(17-31-26)32(35)36/h3-6,15-17,21-22,28,33H,2,7-14,18H2,1H3,(H,29,31)(H,30,34)/t21-,22+,28+/m0/s1. The van der Waals surface area contributed by atoms with Crippen LogP contribution in [0.4, 0.5) is 11.5 Å². The van der Waals surface area contributed by atoms with Gasteiger partial charge in [0.2, 0.25) is 13.1 Å². The third kappa shape index (κ3) is 8.52. The maximum Gasteiger partial charge on any atom is 0.287 e. The number of carbonyl (C=O) groups excluding carboxylic acids is 1. The number of carbonyl (C=O) groups is 1. The zero-order valence-corrected chi connectivity index (χ0v) is 23.4. The third-order valence-corrected chi connectivity index (χ3v) is 6.60. The summed E-state index contributed by atoms with van der Waals surface area (Å²) in [6.45, 7) is 4.38. The van der Waals surface area contributed by atoms with Crippen LogP contribution in [0.25, 0.3) is 0 Å². The van der Waals surface area contributed by atoms with E-state index in [0.717, 1.165) is 11.8 Å². The number of amides is 1. The fraction of sp³-hybridized carbons (Fsp3) is 0.500. The Morgan fingerprint density at radius 2 is 1.93 bits per heavy atom. The van der Waals surface area contributed by atoms with Gasteiger partial charge in [0.25, 0.3) is 11.6 Å². The number of nitrogens with zero attached hydrogens (tertiary/aromatic N) is 2. The Morgan fingerprint density at radius 3 is 2.67 bits per heavy atom. The molecule has 14 heteroatoms. The first kappa shape index (κ1) is 31.0. The number of benzene rings is 1. The van der Waals surface area contributed by atoms with Crippen molar-refractivity contribution < 1.29 is 43.2 Å². The van der Waals surface area contributed by atoms with E-state index in [1.54, 1.807) is 6.08 Å². The van der Waals surface area contributed by atoms with Crippen molar-refractivity contribution in [2.24, 2.45) is 5.92 Å². The predicted octanol–water partition coefficient (Wildman–Crippen LogP) is 2.34. The zero-order chi connectivity index (χ0) is 29.7. The van der Waals surface area contributed by atoms with Gasteiger partial charge in [-0.3, -0.25) is 14.9 Å². The Morgan fingerprint density at radius 1 is 1.12 bits per heavy atom. The summed E-state index contributed by atoms with van der Waals surface area (Å²) in [5.41, 5.74) is 0.813. The molecule has 3 N–H and O–H groups in total. The minimum Gasteiger partial charge on any atom is -0.459 e. The Balaban J connectivity index is 1.42. The molecule has 42 heavy (non-hydrogen) atoms. The summed E-state index contributed by atoms with van der Waals surface area (Å²) in [6, 6.07) is 8.55. The molecule has 2 aromatic rings. The van der Waals surface area contributed by atoms with Gasteiger partial charge >= 0.3 is 0 Å². The quantitative estimate of drug-likeness (QED) is 0.140. The van der Waals surface area contributed by atoms with Gasteiger partial charge in [0.1, 0.15) is 12.0 Å². The third-order valence-electron chi connectivity index (χ3n) is 6.60. The normalized spacial score (nSPS) is 19.1. The van der Waals surface area contributed by atoms with Gasteiger partial charge in [-0.25, -0.2) is 4.98 Å². The molecule has 0 spiro atoms. The first-order valence-electron chi connectivity index (χ1n) is 13.8. The van der Waals surface area contributed by atoms with Gasteiger partial charge in [0.15, 0.2) is 17.3 Å². The highest BCUT2D eigenvalue weighted by Gasteiger charge is 2.38. The van der Waals surface area contributed by atoms with Crippen LogP contribution in [0.2, 0.25) is 0 Å². The number of nitro groups is 1. The van der Waals surface area contributed by atoms with Crippen LogP contribution in [-0.2, 0) is 23.7 Å². The van der Waals surface area contributed by atoms with Gasteiger partial charge in [-0.05, 0) is 43.2 Å². The van der Waals surface area contributed by atoms with E-state index < -0.39 is 17.1 Å². The van der Waals surface area contributed by atoms with Gasteiger partial charge in [0, 0.05) is 44.2 Å². The number of anilines is 1. The second-order valence-electron chi connectivity index (χ2n) is 9.35. The maximum atomic E-state index is 13.2. The van der Waals surface area contributed by atoms with Crippen molar-refractivity contribution in [1.82, 2.24) is 10.3 Å². The van der Waals surface area contributed by atoms with Crippen LogP contribution in [-0.4, -0.2) is 86.7 Å². The van der Waals surface area contributed by atoms with Crippen LogP contribution in [0, 0.1) is 16.0 Å². The van der Waals surface area contributed by atoms with Crippen LogP contribution in [0.3, 0.4) is 0 Å². The molecule has 2 aliphatic heterocycles. The highest BCUT2D eigenvalue weighted by Crippen LogP contribution is 2.42.